The van der Waals surface area contributed by atoms with Crippen LogP contribution in [-0.2, 0) is 0 Å². The second-order valence-corrected chi connectivity index (χ2v) is 4.96. The number of hydrogen-bond donors (Lipinski definition) is 2. The molecule has 0 fully saturated rings. The van der Waals surface area contributed by atoms with E-state index in [1.807, 2.05) is 18.2 Å². The Morgan fingerprint density at radius 3 is 2.06 bits per heavy atom. The van der Waals surface area contributed by atoms with Gasteiger partial charge in [-0.25, -0.2) is 0 Å². The first-order valence-corrected chi connectivity index (χ1v) is 6.11. The summed E-state index contributed by atoms with van der Waals surface area (Å²) in [6.45, 7) is 7.53. The summed E-state index contributed by atoms with van der Waals surface area (Å²) >= 11 is 3.40. The Morgan fingerprint density at radius 1 is 1.00 bits per heavy atom. The lowest BCUT2D eigenvalue weighted by Crippen LogP contribution is -2.34. The number of benzene rings is 1. The van der Waals surface area contributed by atoms with Gasteiger partial charge < -0.3 is 10.8 Å². The van der Waals surface area contributed by atoms with Crippen LogP contribution in [0.1, 0.15) is 11.1 Å². The molecule has 0 radical (unpaired) electrons. The first kappa shape index (κ1) is 12.0. The van der Waals surface area contributed by atoms with Crippen LogP contribution in [0.4, 0.5) is 0 Å². The van der Waals surface area contributed by atoms with E-state index in [4.69, 9.17) is 10.8 Å². The van der Waals surface area contributed by atoms with Gasteiger partial charge in [-0.3, -0.25) is 0 Å². The van der Waals surface area contributed by atoms with E-state index in [-0.39, 0.29) is 11.8 Å². The van der Waals surface area contributed by atoms with Gasteiger partial charge in [0, 0.05) is 38.9 Å². The van der Waals surface area contributed by atoms with Crippen LogP contribution < -0.4 is 0 Å². The normalized spacial score (nSPS) is 23.1. The van der Waals surface area contributed by atoms with Crippen LogP contribution in [0.25, 0.3) is 0 Å². The van der Waals surface area contributed by atoms with Crippen molar-refractivity contribution in [2.45, 2.75) is 0 Å². The lowest BCUT2D eigenvalue weighted by atomic mass is 9.73. The van der Waals surface area contributed by atoms with Crippen LogP contribution in [0.3, 0.4) is 0 Å². The fourth-order valence-corrected chi connectivity index (χ4v) is 2.58. The Kier molecular flexibility index (Phi) is 3.11. The van der Waals surface area contributed by atoms with Crippen molar-refractivity contribution >= 4 is 27.4 Å². The molecule has 2 unspecified atom stereocenters. The van der Waals surface area contributed by atoms with E-state index in [0.717, 1.165) is 15.6 Å². The van der Waals surface area contributed by atoms with Crippen LogP contribution in [0.2, 0.25) is 0 Å². The van der Waals surface area contributed by atoms with Crippen molar-refractivity contribution in [3.05, 3.63) is 59.1 Å². The van der Waals surface area contributed by atoms with Crippen LogP contribution in [0.15, 0.2) is 48.0 Å². The van der Waals surface area contributed by atoms with Crippen molar-refractivity contribution in [1.82, 2.24) is 0 Å². The van der Waals surface area contributed by atoms with Gasteiger partial charge in [0.2, 0.25) is 0 Å². The van der Waals surface area contributed by atoms with E-state index in [9.17, 15) is 0 Å². The third-order valence-corrected chi connectivity index (χ3v) is 3.62. The van der Waals surface area contributed by atoms with E-state index in [0.29, 0.717) is 11.4 Å². The van der Waals surface area contributed by atoms with E-state index in [1.54, 1.807) is 12.2 Å². The van der Waals surface area contributed by atoms with Crippen molar-refractivity contribution in [3.8, 4) is 0 Å². The van der Waals surface area contributed by atoms with Crippen LogP contribution in [0.5, 0.6) is 0 Å². The molecule has 0 saturated heterocycles. The molecule has 3 heteroatoms. The number of fused-ring (bicyclic) bond motifs is 1. The van der Waals surface area contributed by atoms with Gasteiger partial charge in [0.25, 0.3) is 0 Å². The monoisotopic (exact) mass is 288 g/mol. The Balaban J connectivity index is 2.65. The zero-order valence-electron chi connectivity index (χ0n) is 9.33. The lowest BCUT2D eigenvalue weighted by molar-refractivity contribution is 0.735. The largest absolute Gasteiger partial charge is 0.304 e. The fourth-order valence-electron chi connectivity index (χ4n) is 2.22. The molecule has 86 valence electrons. The lowest BCUT2D eigenvalue weighted by Gasteiger charge is -2.30. The molecule has 0 aliphatic heterocycles. The summed E-state index contributed by atoms with van der Waals surface area (Å²) in [6, 6.07) is 5.67. The third kappa shape index (κ3) is 1.80. The molecule has 2 atom stereocenters. The Morgan fingerprint density at radius 2 is 1.53 bits per heavy atom. The standard InChI is InChI=1S/C14H13BrN2/c1-3-9-10(4-2)14(17)12-7-8(15)5-6-11(12)13(9)16/h3-7,9-10,16-17H,1-2H2. The molecule has 0 saturated carbocycles. The Hall–Kier alpha value is -1.48. The molecule has 0 aromatic heterocycles. The minimum absolute atomic E-state index is 0.145. The summed E-state index contributed by atoms with van der Waals surface area (Å²) in [5.74, 6) is -0.296. The number of nitrogens with one attached hydrogen (secondary N) is 2. The van der Waals surface area contributed by atoms with Crippen molar-refractivity contribution in [2.75, 3.05) is 0 Å². The van der Waals surface area contributed by atoms with Crippen molar-refractivity contribution < 1.29 is 0 Å². The SMILES string of the molecule is C=CC1C(=N)c2ccc(Br)cc2C(=N)C1C=C. The molecule has 0 heterocycles. The number of rotatable bonds is 2. The molecule has 1 aliphatic carbocycles. The average Bonchev–Trinajstić information content (AvgIpc) is 2.33. The molecular formula is C14H13BrN2. The fraction of sp³-hybridized carbons (Fsp3) is 0.143. The predicted molar refractivity (Wildman–Crippen MR) is 75.2 cm³/mol. The second kappa shape index (κ2) is 4.41. The summed E-state index contributed by atoms with van der Waals surface area (Å²) < 4.78 is 0.925. The van der Waals surface area contributed by atoms with Gasteiger partial charge >= 0.3 is 0 Å². The smallest absolute Gasteiger partial charge is 0.0471 e. The number of allylic oxidation sites excluding steroid dienone is 2. The van der Waals surface area contributed by atoms with Crippen molar-refractivity contribution in [2.24, 2.45) is 11.8 Å². The van der Waals surface area contributed by atoms with Crippen LogP contribution >= 0.6 is 15.9 Å². The molecular weight excluding hydrogens is 276 g/mol. The van der Waals surface area contributed by atoms with Gasteiger partial charge in [0.1, 0.15) is 0 Å². The maximum absolute atomic E-state index is 8.21. The minimum atomic E-state index is -0.151. The predicted octanol–water partition coefficient (Wildman–Crippen LogP) is 3.80. The van der Waals surface area contributed by atoms with Crippen molar-refractivity contribution in [1.29, 1.82) is 10.8 Å². The van der Waals surface area contributed by atoms with Gasteiger partial charge in [-0.05, 0) is 12.1 Å². The van der Waals surface area contributed by atoms with Gasteiger partial charge in [-0.1, -0.05) is 34.1 Å². The van der Waals surface area contributed by atoms with E-state index >= 15 is 0 Å². The molecule has 2 rings (SSSR count). The van der Waals surface area contributed by atoms with E-state index in [2.05, 4.69) is 29.1 Å². The molecule has 1 aromatic rings. The zero-order valence-corrected chi connectivity index (χ0v) is 10.9. The van der Waals surface area contributed by atoms with Gasteiger partial charge in [0.15, 0.2) is 0 Å². The van der Waals surface area contributed by atoms with Crippen molar-refractivity contribution in [3.63, 3.8) is 0 Å². The highest BCUT2D eigenvalue weighted by molar-refractivity contribution is 9.10. The number of halogens is 1. The third-order valence-electron chi connectivity index (χ3n) is 3.12. The van der Waals surface area contributed by atoms with Gasteiger partial charge in [0.05, 0.1) is 0 Å². The van der Waals surface area contributed by atoms with Crippen LogP contribution in [0, 0.1) is 22.7 Å². The molecule has 0 bridgehead atoms. The maximum Gasteiger partial charge on any atom is 0.0471 e. The first-order valence-electron chi connectivity index (χ1n) is 5.32. The second-order valence-electron chi connectivity index (χ2n) is 4.04. The highest BCUT2D eigenvalue weighted by atomic mass is 79.9. The summed E-state index contributed by atoms with van der Waals surface area (Å²) in [5, 5.41) is 16.4. The maximum atomic E-state index is 8.21. The van der Waals surface area contributed by atoms with E-state index < -0.39 is 0 Å². The highest BCUT2D eigenvalue weighted by Crippen LogP contribution is 2.33. The summed E-state index contributed by atoms with van der Waals surface area (Å²) in [7, 11) is 0. The number of hydrogen-bond acceptors (Lipinski definition) is 2. The molecule has 0 spiro atoms. The molecule has 2 nitrogen and oxygen atoms in total. The Bertz CT molecular complexity index is 531. The Labute approximate surface area is 109 Å². The van der Waals surface area contributed by atoms with E-state index in [1.165, 1.54) is 0 Å². The molecule has 1 aromatic carbocycles. The molecule has 17 heavy (non-hydrogen) atoms. The summed E-state index contributed by atoms with van der Waals surface area (Å²) in [4.78, 5) is 0. The summed E-state index contributed by atoms with van der Waals surface area (Å²) in [6.07, 6.45) is 3.46. The molecule has 1 aliphatic rings. The molecule has 2 N–H and O–H groups in total. The topological polar surface area (TPSA) is 47.7 Å². The minimum Gasteiger partial charge on any atom is -0.304 e. The average molecular weight is 289 g/mol. The van der Waals surface area contributed by atoms with Crippen LogP contribution in [-0.4, -0.2) is 11.4 Å². The first-order chi connectivity index (χ1) is 8.10. The highest BCUT2D eigenvalue weighted by Gasteiger charge is 2.33. The molecule has 0 amide bonds. The summed E-state index contributed by atoms with van der Waals surface area (Å²) in [5.41, 5.74) is 2.66. The van der Waals surface area contributed by atoms with Gasteiger partial charge in [-0.2, -0.15) is 0 Å². The quantitative estimate of drug-likeness (QED) is 0.778. The van der Waals surface area contributed by atoms with Gasteiger partial charge in [-0.15, -0.1) is 13.2 Å². The zero-order chi connectivity index (χ0) is 12.6.